The minimum absolute atomic E-state index is 0.182. The minimum atomic E-state index is -0.981. The average molecular weight is 272 g/mol. The summed E-state index contributed by atoms with van der Waals surface area (Å²) in [4.78, 5) is 14.9. The summed E-state index contributed by atoms with van der Waals surface area (Å²) >= 11 is 0. The Morgan fingerprint density at radius 3 is 2.70 bits per heavy atom. The molecule has 20 heavy (non-hydrogen) atoms. The van der Waals surface area contributed by atoms with E-state index in [0.29, 0.717) is 18.9 Å². The largest absolute Gasteiger partial charge is 0.491 e. The average Bonchev–Trinajstić information content (AvgIpc) is 2.48. The molecule has 104 valence electrons. The van der Waals surface area contributed by atoms with Gasteiger partial charge in [0.1, 0.15) is 17.9 Å². The molecule has 5 nitrogen and oxygen atoms in total. The molecule has 2 aromatic rings. The van der Waals surface area contributed by atoms with Crippen molar-refractivity contribution < 1.29 is 14.6 Å². The van der Waals surface area contributed by atoms with Crippen molar-refractivity contribution in [3.8, 4) is 5.75 Å². The van der Waals surface area contributed by atoms with Crippen LogP contribution in [0.5, 0.6) is 5.75 Å². The smallest absolute Gasteiger partial charge is 0.339 e. The first-order chi connectivity index (χ1) is 9.77. The Morgan fingerprint density at radius 1 is 1.20 bits per heavy atom. The monoisotopic (exact) mass is 272 g/mol. The van der Waals surface area contributed by atoms with Gasteiger partial charge in [-0.15, -0.1) is 0 Å². The van der Waals surface area contributed by atoms with E-state index in [2.05, 4.69) is 10.3 Å². The molecule has 0 saturated carbocycles. The van der Waals surface area contributed by atoms with Gasteiger partial charge in [-0.3, -0.25) is 4.98 Å². The van der Waals surface area contributed by atoms with Crippen molar-refractivity contribution in [3.05, 3.63) is 59.9 Å². The number of ether oxygens (including phenoxy) is 1. The lowest BCUT2D eigenvalue weighted by Crippen LogP contribution is -2.21. The third-order valence-corrected chi connectivity index (χ3v) is 2.73. The molecule has 0 saturated heterocycles. The van der Waals surface area contributed by atoms with Gasteiger partial charge in [0.2, 0.25) is 0 Å². The number of carbonyl (C=O) groups is 1. The van der Waals surface area contributed by atoms with Crippen LogP contribution in [0.3, 0.4) is 0 Å². The number of pyridine rings is 1. The van der Waals surface area contributed by atoms with Crippen LogP contribution < -0.4 is 10.1 Å². The number of benzene rings is 1. The minimum Gasteiger partial charge on any atom is -0.491 e. The molecule has 0 aliphatic heterocycles. The first kappa shape index (κ1) is 14.0. The van der Waals surface area contributed by atoms with Crippen molar-refractivity contribution in [2.75, 3.05) is 13.2 Å². The number of hydrogen-bond acceptors (Lipinski definition) is 4. The summed E-state index contributed by atoms with van der Waals surface area (Å²) in [6.07, 6.45) is 3.49. The van der Waals surface area contributed by atoms with Gasteiger partial charge >= 0.3 is 5.97 Å². The molecule has 0 radical (unpaired) electrons. The topological polar surface area (TPSA) is 71.5 Å². The zero-order valence-corrected chi connectivity index (χ0v) is 11.0. The molecular formula is C15H16N2O3. The maximum atomic E-state index is 11.0. The van der Waals surface area contributed by atoms with E-state index in [4.69, 9.17) is 9.84 Å². The molecule has 0 unspecified atom stereocenters. The van der Waals surface area contributed by atoms with E-state index in [-0.39, 0.29) is 5.56 Å². The number of hydrogen-bond donors (Lipinski definition) is 2. The van der Waals surface area contributed by atoms with Gasteiger partial charge in [0.25, 0.3) is 0 Å². The molecule has 0 aliphatic carbocycles. The van der Waals surface area contributed by atoms with Crippen molar-refractivity contribution in [1.82, 2.24) is 10.3 Å². The lowest BCUT2D eigenvalue weighted by molar-refractivity contribution is 0.0692. The van der Waals surface area contributed by atoms with Crippen LogP contribution in [0.25, 0.3) is 0 Å². The lowest BCUT2D eigenvalue weighted by Gasteiger charge is -2.09. The molecule has 0 atom stereocenters. The van der Waals surface area contributed by atoms with Crippen molar-refractivity contribution in [1.29, 1.82) is 0 Å². The summed E-state index contributed by atoms with van der Waals surface area (Å²) in [7, 11) is 0. The van der Waals surface area contributed by atoms with Crippen LogP contribution >= 0.6 is 0 Å². The molecule has 0 bridgehead atoms. The van der Waals surface area contributed by atoms with Gasteiger partial charge in [0.15, 0.2) is 0 Å². The van der Waals surface area contributed by atoms with Crippen LogP contribution in [-0.2, 0) is 6.54 Å². The van der Waals surface area contributed by atoms with Gasteiger partial charge in [0, 0.05) is 25.5 Å². The van der Waals surface area contributed by atoms with Crippen LogP contribution in [0.2, 0.25) is 0 Å². The van der Waals surface area contributed by atoms with Gasteiger partial charge < -0.3 is 15.2 Å². The fourth-order valence-corrected chi connectivity index (χ4v) is 1.74. The first-order valence-electron chi connectivity index (χ1n) is 6.32. The maximum Gasteiger partial charge on any atom is 0.339 e. The van der Waals surface area contributed by atoms with E-state index in [0.717, 1.165) is 12.1 Å². The van der Waals surface area contributed by atoms with E-state index in [1.165, 1.54) is 6.07 Å². The molecule has 0 aliphatic rings. The summed E-state index contributed by atoms with van der Waals surface area (Å²) in [5.41, 5.74) is 1.33. The second-order valence-electron chi connectivity index (χ2n) is 4.18. The zero-order chi connectivity index (χ0) is 14.2. The second kappa shape index (κ2) is 7.25. The number of carboxylic acids is 1. The second-order valence-corrected chi connectivity index (χ2v) is 4.18. The van der Waals surface area contributed by atoms with Crippen molar-refractivity contribution in [2.24, 2.45) is 0 Å². The van der Waals surface area contributed by atoms with Gasteiger partial charge in [-0.25, -0.2) is 4.79 Å². The summed E-state index contributed by atoms with van der Waals surface area (Å²) in [5.74, 6) is -0.587. The van der Waals surface area contributed by atoms with Crippen LogP contribution in [-0.4, -0.2) is 29.2 Å². The summed E-state index contributed by atoms with van der Waals surface area (Å²) < 4.78 is 5.48. The summed E-state index contributed by atoms with van der Waals surface area (Å²) in [5, 5.41) is 12.2. The van der Waals surface area contributed by atoms with E-state index < -0.39 is 5.97 Å². The van der Waals surface area contributed by atoms with Gasteiger partial charge in [-0.2, -0.15) is 0 Å². The van der Waals surface area contributed by atoms with Crippen LogP contribution in [0.4, 0.5) is 0 Å². The highest BCUT2D eigenvalue weighted by Crippen LogP contribution is 2.17. The highest BCUT2D eigenvalue weighted by molar-refractivity contribution is 5.90. The summed E-state index contributed by atoms with van der Waals surface area (Å²) in [6, 6.07) is 10.5. The van der Waals surface area contributed by atoms with E-state index >= 15 is 0 Å². The molecule has 0 spiro atoms. The quantitative estimate of drug-likeness (QED) is 0.754. The molecule has 1 aromatic carbocycles. The summed E-state index contributed by atoms with van der Waals surface area (Å²) in [6.45, 7) is 1.78. The Bertz CT molecular complexity index is 558. The number of rotatable bonds is 7. The fourth-order valence-electron chi connectivity index (χ4n) is 1.74. The molecular weight excluding hydrogens is 256 g/mol. The number of aromatic carboxylic acids is 1. The first-order valence-corrected chi connectivity index (χ1v) is 6.32. The molecule has 0 amide bonds. The Balaban J connectivity index is 1.75. The Hall–Kier alpha value is -2.40. The zero-order valence-electron chi connectivity index (χ0n) is 11.0. The van der Waals surface area contributed by atoms with E-state index in [9.17, 15) is 4.79 Å². The van der Waals surface area contributed by atoms with Crippen LogP contribution in [0.1, 0.15) is 15.9 Å². The number of carboxylic acid groups (broad SMARTS) is 1. The van der Waals surface area contributed by atoms with Crippen molar-refractivity contribution >= 4 is 5.97 Å². The third-order valence-electron chi connectivity index (χ3n) is 2.73. The van der Waals surface area contributed by atoms with Crippen LogP contribution in [0, 0.1) is 0 Å². The van der Waals surface area contributed by atoms with Crippen LogP contribution in [0.15, 0.2) is 48.8 Å². The highest BCUT2D eigenvalue weighted by atomic mass is 16.5. The van der Waals surface area contributed by atoms with Gasteiger partial charge in [0.05, 0.1) is 0 Å². The normalized spacial score (nSPS) is 10.2. The molecule has 2 N–H and O–H groups in total. The number of para-hydroxylation sites is 1. The van der Waals surface area contributed by atoms with Gasteiger partial charge in [-0.1, -0.05) is 12.1 Å². The molecule has 5 heteroatoms. The molecule has 1 aromatic heterocycles. The number of nitrogens with zero attached hydrogens (tertiary/aromatic N) is 1. The number of nitrogens with one attached hydrogen (secondary N) is 1. The van der Waals surface area contributed by atoms with Crippen molar-refractivity contribution in [3.63, 3.8) is 0 Å². The predicted molar refractivity (Wildman–Crippen MR) is 74.8 cm³/mol. The van der Waals surface area contributed by atoms with Crippen molar-refractivity contribution in [2.45, 2.75) is 6.54 Å². The highest BCUT2D eigenvalue weighted by Gasteiger charge is 2.09. The van der Waals surface area contributed by atoms with E-state index in [1.54, 1.807) is 30.6 Å². The third kappa shape index (κ3) is 4.07. The van der Waals surface area contributed by atoms with Gasteiger partial charge in [-0.05, 0) is 29.8 Å². The molecule has 1 heterocycles. The predicted octanol–water partition coefficient (Wildman–Crippen LogP) is 1.95. The fraction of sp³-hybridized carbons (Fsp3) is 0.200. The lowest BCUT2D eigenvalue weighted by atomic mass is 10.2. The maximum absolute atomic E-state index is 11.0. The standard InChI is InChI=1S/C15H16N2O3/c18-15(19)13-3-1-2-4-14(13)20-10-9-17-11-12-5-7-16-8-6-12/h1-8,17H,9-11H2,(H,18,19). The molecule has 0 fully saturated rings. The Kier molecular flexibility index (Phi) is 5.08. The number of aromatic nitrogens is 1. The SMILES string of the molecule is O=C(O)c1ccccc1OCCNCc1ccncc1. The molecule has 2 rings (SSSR count). The Labute approximate surface area is 117 Å². The van der Waals surface area contributed by atoms with E-state index in [1.807, 2.05) is 12.1 Å². The Morgan fingerprint density at radius 2 is 1.95 bits per heavy atom.